The molecule has 31 heavy (non-hydrogen) atoms. The molecule has 0 bridgehead atoms. The first-order valence-corrected chi connectivity index (χ1v) is 11.9. The molecule has 1 amide bonds. The molecule has 2 aromatic carbocycles. The van der Waals surface area contributed by atoms with Crippen LogP contribution in [0.1, 0.15) is 44.5 Å². The Bertz CT molecular complexity index is 996. The summed E-state index contributed by atoms with van der Waals surface area (Å²) in [6, 6.07) is 10.8. The van der Waals surface area contributed by atoms with Gasteiger partial charge in [0, 0.05) is 28.7 Å². The van der Waals surface area contributed by atoms with Crippen molar-refractivity contribution in [3.8, 4) is 0 Å². The number of rotatable bonds is 4. The van der Waals surface area contributed by atoms with Crippen molar-refractivity contribution in [3.05, 3.63) is 52.0 Å². The summed E-state index contributed by atoms with van der Waals surface area (Å²) in [7, 11) is -0.571. The topological polar surface area (TPSA) is 50.8 Å². The van der Waals surface area contributed by atoms with Crippen LogP contribution in [-0.4, -0.2) is 36.5 Å². The first kappa shape index (κ1) is 22.8. The van der Waals surface area contributed by atoms with E-state index in [2.05, 4.69) is 9.62 Å². The van der Waals surface area contributed by atoms with Crippen LogP contribution in [0.3, 0.4) is 0 Å². The van der Waals surface area contributed by atoms with Crippen molar-refractivity contribution < 1.29 is 14.1 Å². The third-order valence-electron chi connectivity index (χ3n) is 5.94. The standard InChI is InChI=1S/C22H25BCl2N2O3S/c1-21(2)22(3,4)30-23(29-21)14-10-15(24)12-16(11-14)26-20(28)18-13-17(6-7-19(18)25)27-8-5-9-31-27/h6-7,10-13H,5,8-9H2,1-4H3,(H,26,28). The molecule has 0 radical (unpaired) electrons. The molecule has 2 aromatic rings. The first-order chi connectivity index (χ1) is 14.6. The minimum Gasteiger partial charge on any atom is -0.399 e. The third kappa shape index (κ3) is 4.71. The molecule has 2 heterocycles. The molecule has 164 valence electrons. The molecule has 2 saturated heterocycles. The van der Waals surface area contributed by atoms with Crippen LogP contribution in [0, 0.1) is 0 Å². The van der Waals surface area contributed by atoms with Gasteiger partial charge in [-0.3, -0.25) is 4.79 Å². The van der Waals surface area contributed by atoms with Crippen LogP contribution in [0.4, 0.5) is 11.4 Å². The molecule has 1 N–H and O–H groups in total. The van der Waals surface area contributed by atoms with Crippen molar-refractivity contribution in [1.82, 2.24) is 0 Å². The van der Waals surface area contributed by atoms with E-state index in [0.717, 1.165) is 29.9 Å². The summed E-state index contributed by atoms with van der Waals surface area (Å²) in [5.41, 5.74) is 1.76. The highest BCUT2D eigenvalue weighted by Crippen LogP contribution is 2.37. The van der Waals surface area contributed by atoms with Crippen molar-refractivity contribution in [3.63, 3.8) is 0 Å². The molecule has 5 nitrogen and oxygen atoms in total. The summed E-state index contributed by atoms with van der Waals surface area (Å²) < 4.78 is 14.4. The fourth-order valence-corrected chi connectivity index (χ4v) is 4.94. The van der Waals surface area contributed by atoms with Gasteiger partial charge in [-0.15, -0.1) is 0 Å². The molecule has 0 unspecified atom stereocenters. The number of carbonyl (C=O) groups is 1. The van der Waals surface area contributed by atoms with Gasteiger partial charge in [0.2, 0.25) is 0 Å². The van der Waals surface area contributed by atoms with E-state index in [4.69, 9.17) is 32.5 Å². The molecule has 2 aliphatic heterocycles. The zero-order chi connectivity index (χ0) is 22.4. The minimum atomic E-state index is -0.571. The third-order valence-corrected chi connectivity index (χ3v) is 7.66. The Morgan fingerprint density at radius 1 is 1.10 bits per heavy atom. The number of halogens is 2. The van der Waals surface area contributed by atoms with E-state index in [1.807, 2.05) is 45.9 Å². The summed E-state index contributed by atoms with van der Waals surface area (Å²) in [5.74, 6) is 0.784. The lowest BCUT2D eigenvalue weighted by molar-refractivity contribution is 0.00578. The van der Waals surface area contributed by atoms with Crippen molar-refractivity contribution >= 4 is 65.0 Å². The molecule has 0 saturated carbocycles. The number of hydrogen-bond donors (Lipinski definition) is 1. The number of hydrogen-bond acceptors (Lipinski definition) is 5. The van der Waals surface area contributed by atoms with Gasteiger partial charge in [-0.2, -0.15) is 0 Å². The fourth-order valence-electron chi connectivity index (χ4n) is 3.49. The van der Waals surface area contributed by atoms with Gasteiger partial charge in [0.05, 0.1) is 21.8 Å². The van der Waals surface area contributed by atoms with E-state index < -0.39 is 18.3 Å². The highest BCUT2D eigenvalue weighted by atomic mass is 35.5. The summed E-state index contributed by atoms with van der Waals surface area (Å²) in [6.45, 7) is 8.93. The largest absolute Gasteiger partial charge is 0.494 e. The maximum Gasteiger partial charge on any atom is 0.494 e. The number of amides is 1. The van der Waals surface area contributed by atoms with E-state index in [1.165, 1.54) is 0 Å². The Morgan fingerprint density at radius 3 is 2.45 bits per heavy atom. The molecule has 0 atom stereocenters. The zero-order valence-electron chi connectivity index (χ0n) is 18.0. The second kappa shape index (κ2) is 8.52. The molecule has 2 aliphatic rings. The second-order valence-electron chi connectivity index (χ2n) is 8.77. The predicted molar refractivity (Wildman–Crippen MR) is 131 cm³/mol. The normalized spacial score (nSPS) is 19.7. The molecule has 0 aliphatic carbocycles. The van der Waals surface area contributed by atoms with Crippen molar-refractivity contribution in [2.24, 2.45) is 0 Å². The lowest BCUT2D eigenvalue weighted by atomic mass is 9.79. The van der Waals surface area contributed by atoms with Crippen molar-refractivity contribution in [2.75, 3.05) is 21.9 Å². The summed E-state index contributed by atoms with van der Waals surface area (Å²) in [4.78, 5) is 13.0. The molecule has 4 rings (SSSR count). The van der Waals surface area contributed by atoms with Gasteiger partial charge in [0.25, 0.3) is 5.91 Å². The number of nitrogens with zero attached hydrogens (tertiary/aromatic N) is 1. The molecular formula is C22H25BCl2N2O3S. The molecule has 2 fully saturated rings. The van der Waals surface area contributed by atoms with E-state index in [-0.39, 0.29) is 5.91 Å². The van der Waals surface area contributed by atoms with Crippen LogP contribution in [0.2, 0.25) is 10.0 Å². The average Bonchev–Trinajstić information content (AvgIpc) is 3.28. The highest BCUT2D eigenvalue weighted by Gasteiger charge is 2.51. The van der Waals surface area contributed by atoms with Gasteiger partial charge >= 0.3 is 7.12 Å². The van der Waals surface area contributed by atoms with Crippen molar-refractivity contribution in [1.29, 1.82) is 0 Å². The monoisotopic (exact) mass is 478 g/mol. The quantitative estimate of drug-likeness (QED) is 0.470. The lowest BCUT2D eigenvalue weighted by Gasteiger charge is -2.32. The Hall–Kier alpha value is -1.38. The fraction of sp³-hybridized carbons (Fsp3) is 0.409. The Labute approximate surface area is 198 Å². The average molecular weight is 479 g/mol. The van der Waals surface area contributed by atoms with E-state index in [1.54, 1.807) is 30.1 Å². The number of benzene rings is 2. The van der Waals surface area contributed by atoms with Gasteiger partial charge in [-0.05, 0) is 87.9 Å². The maximum absolute atomic E-state index is 13.0. The summed E-state index contributed by atoms with van der Waals surface area (Å²) >= 11 is 14.4. The van der Waals surface area contributed by atoms with Crippen molar-refractivity contribution in [2.45, 2.75) is 45.3 Å². The molecule has 0 aromatic heterocycles. The van der Waals surface area contributed by atoms with Gasteiger partial charge < -0.3 is 18.9 Å². The predicted octanol–water partition coefficient (Wildman–Crippen LogP) is 5.40. The SMILES string of the molecule is CC1(C)OB(c2cc(Cl)cc(NC(=O)c3cc(N4CCCS4)ccc3Cl)c2)OC1(C)C. The maximum atomic E-state index is 13.0. The smallest absolute Gasteiger partial charge is 0.399 e. The molecule has 0 spiro atoms. The van der Waals surface area contributed by atoms with Crippen LogP contribution >= 0.6 is 35.1 Å². The van der Waals surface area contributed by atoms with Crippen LogP contribution < -0.4 is 15.1 Å². The zero-order valence-corrected chi connectivity index (χ0v) is 20.3. The van der Waals surface area contributed by atoms with Crippen LogP contribution in [-0.2, 0) is 9.31 Å². The number of nitrogens with one attached hydrogen (secondary N) is 1. The Balaban J connectivity index is 1.56. The highest BCUT2D eigenvalue weighted by molar-refractivity contribution is 8.00. The Kier molecular flexibility index (Phi) is 6.27. The van der Waals surface area contributed by atoms with Gasteiger partial charge in [-0.1, -0.05) is 23.2 Å². The Morgan fingerprint density at radius 2 is 1.81 bits per heavy atom. The number of carbonyl (C=O) groups excluding carboxylic acids is 1. The summed E-state index contributed by atoms with van der Waals surface area (Å²) in [6.07, 6.45) is 1.12. The van der Waals surface area contributed by atoms with Gasteiger partial charge in [0.15, 0.2) is 0 Å². The first-order valence-electron chi connectivity index (χ1n) is 10.2. The van der Waals surface area contributed by atoms with Crippen LogP contribution in [0.25, 0.3) is 0 Å². The van der Waals surface area contributed by atoms with Gasteiger partial charge in [-0.25, -0.2) is 0 Å². The van der Waals surface area contributed by atoms with E-state index >= 15 is 0 Å². The minimum absolute atomic E-state index is 0.293. The second-order valence-corrected chi connectivity index (χ2v) is 10.7. The molecular weight excluding hydrogens is 454 g/mol. The van der Waals surface area contributed by atoms with E-state index in [9.17, 15) is 4.79 Å². The molecule has 9 heteroatoms. The van der Waals surface area contributed by atoms with Gasteiger partial charge in [0.1, 0.15) is 0 Å². The van der Waals surface area contributed by atoms with Crippen LogP contribution in [0.5, 0.6) is 0 Å². The lowest BCUT2D eigenvalue weighted by Crippen LogP contribution is -2.41. The van der Waals surface area contributed by atoms with Crippen LogP contribution in [0.15, 0.2) is 36.4 Å². The van der Waals surface area contributed by atoms with E-state index in [0.29, 0.717) is 21.3 Å². The summed E-state index contributed by atoms with van der Waals surface area (Å²) in [5, 5.41) is 3.80. The number of anilines is 2.